The molecule has 0 fully saturated rings. The molecule has 3 rings (SSSR count). The van der Waals surface area contributed by atoms with E-state index in [0.29, 0.717) is 23.5 Å². The van der Waals surface area contributed by atoms with Crippen LogP contribution in [0.25, 0.3) is 0 Å². The van der Waals surface area contributed by atoms with E-state index in [1.165, 1.54) is 38.2 Å². The number of halogens is 2. The fraction of sp³-hybridized carbons (Fsp3) is 0.360. The molecule has 0 aliphatic heterocycles. The van der Waals surface area contributed by atoms with Crippen molar-refractivity contribution in [1.82, 2.24) is 10.2 Å². The third-order valence-electron chi connectivity index (χ3n) is 5.38. The SMILES string of the molecule is Cc1cc(OCCNc2cnnc(Cl)c2Cl)cc(N(C(C)(C)P(=O)=O)S(=O)(=O)c2ccccc2OC(C)C)c1. The number of hydrogen-bond acceptors (Lipinski definition) is 9. The van der Waals surface area contributed by atoms with Crippen LogP contribution in [0.2, 0.25) is 10.2 Å². The second kappa shape index (κ2) is 12.6. The Morgan fingerprint density at radius 1 is 1.13 bits per heavy atom. The van der Waals surface area contributed by atoms with Gasteiger partial charge in [0, 0.05) is 12.6 Å². The normalized spacial score (nSPS) is 11.8. The molecule has 210 valence electrons. The molecule has 0 unspecified atom stereocenters. The number of rotatable bonds is 12. The molecule has 0 amide bonds. The molecule has 39 heavy (non-hydrogen) atoms. The molecule has 0 bridgehead atoms. The maximum atomic E-state index is 14.1. The smallest absolute Gasteiger partial charge is 0.342 e. The van der Waals surface area contributed by atoms with E-state index in [1.54, 1.807) is 45.0 Å². The number of hydrogen-bond donors (Lipinski definition) is 1. The Balaban J connectivity index is 1.97. The lowest BCUT2D eigenvalue weighted by atomic mass is 10.2. The van der Waals surface area contributed by atoms with E-state index in [4.69, 9.17) is 32.7 Å². The van der Waals surface area contributed by atoms with Crippen LogP contribution in [-0.2, 0) is 19.2 Å². The molecule has 14 heteroatoms. The summed E-state index contributed by atoms with van der Waals surface area (Å²) in [5, 5.41) is 8.89. The van der Waals surface area contributed by atoms with Crippen LogP contribution in [0.4, 0.5) is 11.4 Å². The molecular formula is C25H29Cl2N4O6PS. The van der Waals surface area contributed by atoms with E-state index in [9.17, 15) is 17.5 Å². The largest absolute Gasteiger partial charge is 0.492 e. The minimum atomic E-state index is -4.42. The Morgan fingerprint density at radius 2 is 1.82 bits per heavy atom. The quantitative estimate of drug-likeness (QED) is 0.180. The van der Waals surface area contributed by atoms with Crippen molar-refractivity contribution in [2.24, 2.45) is 0 Å². The van der Waals surface area contributed by atoms with Gasteiger partial charge in [-0.25, -0.2) is 21.9 Å². The number of aryl methyl sites for hydroxylation is 1. The Morgan fingerprint density at radius 3 is 2.49 bits per heavy atom. The van der Waals surface area contributed by atoms with Crippen LogP contribution in [0.5, 0.6) is 11.5 Å². The lowest BCUT2D eigenvalue weighted by Crippen LogP contribution is -2.45. The van der Waals surface area contributed by atoms with Crippen LogP contribution in [0.1, 0.15) is 33.3 Å². The van der Waals surface area contributed by atoms with Gasteiger partial charge in [-0.1, -0.05) is 35.3 Å². The zero-order valence-electron chi connectivity index (χ0n) is 22.0. The molecular weight excluding hydrogens is 586 g/mol. The number of sulfonamides is 1. The minimum absolute atomic E-state index is 0.0619. The van der Waals surface area contributed by atoms with Crippen molar-refractivity contribution in [2.75, 3.05) is 22.8 Å². The second-order valence-corrected chi connectivity index (χ2v) is 13.4. The monoisotopic (exact) mass is 614 g/mol. The molecule has 0 saturated carbocycles. The van der Waals surface area contributed by atoms with E-state index in [2.05, 4.69) is 15.5 Å². The maximum Gasteiger partial charge on any atom is 0.342 e. The van der Waals surface area contributed by atoms with Crippen LogP contribution in [0, 0.1) is 6.92 Å². The van der Waals surface area contributed by atoms with Gasteiger partial charge in [0.05, 0.1) is 23.7 Å². The van der Waals surface area contributed by atoms with Crippen molar-refractivity contribution >= 4 is 52.3 Å². The average Bonchev–Trinajstić information content (AvgIpc) is 2.83. The highest BCUT2D eigenvalue weighted by Crippen LogP contribution is 2.43. The van der Waals surface area contributed by atoms with E-state index in [0.717, 1.165) is 4.31 Å². The molecule has 0 spiro atoms. The number of benzene rings is 2. The van der Waals surface area contributed by atoms with Gasteiger partial charge in [-0.3, -0.25) is 0 Å². The fourth-order valence-electron chi connectivity index (χ4n) is 3.69. The molecule has 10 nitrogen and oxygen atoms in total. The summed E-state index contributed by atoms with van der Waals surface area (Å²) in [5.41, 5.74) is 1.26. The lowest BCUT2D eigenvalue weighted by molar-refractivity contribution is 0.236. The number of aromatic nitrogens is 2. The van der Waals surface area contributed by atoms with Gasteiger partial charge in [0.25, 0.3) is 10.0 Å². The number of ether oxygens (including phenoxy) is 2. The highest BCUT2D eigenvalue weighted by atomic mass is 35.5. The zero-order valence-corrected chi connectivity index (χ0v) is 25.2. The van der Waals surface area contributed by atoms with E-state index < -0.39 is 23.0 Å². The number of nitrogens with zero attached hydrogens (tertiary/aromatic N) is 3. The lowest BCUT2D eigenvalue weighted by Gasteiger charge is -2.34. The van der Waals surface area contributed by atoms with Gasteiger partial charge in [-0.05, 0) is 64.4 Å². The Hall–Kier alpha value is -2.85. The molecule has 0 atom stereocenters. The molecule has 1 N–H and O–H groups in total. The van der Waals surface area contributed by atoms with Crippen molar-refractivity contribution in [1.29, 1.82) is 0 Å². The second-order valence-electron chi connectivity index (χ2n) is 9.28. The maximum absolute atomic E-state index is 14.1. The molecule has 1 heterocycles. The van der Waals surface area contributed by atoms with Crippen molar-refractivity contribution in [3.05, 3.63) is 64.4 Å². The van der Waals surface area contributed by atoms with Crippen molar-refractivity contribution < 1.29 is 27.0 Å². The predicted octanol–water partition coefficient (Wildman–Crippen LogP) is 6.47. The third kappa shape index (κ3) is 7.22. The van der Waals surface area contributed by atoms with Crippen molar-refractivity contribution in [3.63, 3.8) is 0 Å². The van der Waals surface area contributed by atoms with Crippen LogP contribution < -0.4 is 19.1 Å². The molecule has 2 aromatic carbocycles. The van der Waals surface area contributed by atoms with Gasteiger partial charge in [-0.2, -0.15) is 5.10 Å². The summed E-state index contributed by atoms with van der Waals surface area (Å²) in [5.74, 6) is 0.460. The third-order valence-corrected chi connectivity index (χ3v) is 9.39. The topological polar surface area (TPSA) is 128 Å². The summed E-state index contributed by atoms with van der Waals surface area (Å²) >= 11 is 12.0. The first-order valence-electron chi connectivity index (χ1n) is 11.9. The number of anilines is 2. The van der Waals surface area contributed by atoms with Crippen LogP contribution in [0.15, 0.2) is 53.6 Å². The summed E-state index contributed by atoms with van der Waals surface area (Å²) in [6.07, 6.45) is 1.12. The highest BCUT2D eigenvalue weighted by molar-refractivity contribution is 7.93. The molecule has 0 saturated heterocycles. The summed E-state index contributed by atoms with van der Waals surface area (Å²) in [6.45, 7) is 8.42. The molecule has 0 aliphatic carbocycles. The molecule has 1 aromatic heterocycles. The van der Waals surface area contributed by atoms with Gasteiger partial charge in [0.2, 0.25) is 0 Å². The van der Waals surface area contributed by atoms with Gasteiger partial charge in [-0.15, -0.1) is 5.10 Å². The van der Waals surface area contributed by atoms with E-state index >= 15 is 0 Å². The first-order valence-corrected chi connectivity index (χ1v) is 15.2. The van der Waals surface area contributed by atoms with Crippen molar-refractivity contribution in [2.45, 2.75) is 50.9 Å². The van der Waals surface area contributed by atoms with Crippen LogP contribution in [-0.4, -0.2) is 43.2 Å². The highest BCUT2D eigenvalue weighted by Gasteiger charge is 2.43. The standard InChI is InChI=1S/C25H29Cl2N4O6PS/c1-16(2)37-21-8-6-7-9-22(21)39(34,35)31(25(4,5)38(32)33)18-12-17(3)13-19(14-18)36-11-10-28-20-15-29-30-24(27)23(20)26/h6-9,12-16H,10-11H2,1-5H3,(H,28,30). The molecule has 3 aromatic rings. The Kier molecular flexibility index (Phi) is 9.88. The first-order chi connectivity index (χ1) is 18.2. The van der Waals surface area contributed by atoms with Crippen molar-refractivity contribution in [3.8, 4) is 11.5 Å². The molecule has 0 aliphatic rings. The summed E-state index contributed by atoms with van der Waals surface area (Å²) in [7, 11) is -7.65. The van der Waals surface area contributed by atoms with Gasteiger partial charge >= 0.3 is 7.68 Å². The summed E-state index contributed by atoms with van der Waals surface area (Å²) in [6, 6.07) is 10.9. The van der Waals surface area contributed by atoms with Gasteiger partial charge in [0.1, 0.15) is 28.0 Å². The Labute approximate surface area is 238 Å². The number of para-hydroxylation sites is 1. The van der Waals surface area contributed by atoms with Crippen LogP contribution in [0.3, 0.4) is 0 Å². The summed E-state index contributed by atoms with van der Waals surface area (Å²) < 4.78 is 65.4. The fourth-order valence-corrected chi connectivity index (χ4v) is 6.57. The summed E-state index contributed by atoms with van der Waals surface area (Å²) in [4.78, 5) is -0.154. The predicted molar refractivity (Wildman–Crippen MR) is 151 cm³/mol. The Bertz CT molecular complexity index is 1510. The number of nitrogens with one attached hydrogen (secondary N) is 1. The molecule has 0 radical (unpaired) electrons. The minimum Gasteiger partial charge on any atom is -0.492 e. The van der Waals surface area contributed by atoms with Crippen LogP contribution >= 0.6 is 30.9 Å². The van der Waals surface area contributed by atoms with Gasteiger partial charge in [0.15, 0.2) is 10.4 Å². The first kappa shape index (κ1) is 30.7. The van der Waals surface area contributed by atoms with E-state index in [-0.39, 0.29) is 39.2 Å². The van der Waals surface area contributed by atoms with E-state index in [1.807, 2.05) is 0 Å². The zero-order chi connectivity index (χ0) is 29.0. The average molecular weight is 615 g/mol. The van der Waals surface area contributed by atoms with Gasteiger partial charge < -0.3 is 14.8 Å².